The molecule has 0 N–H and O–H groups in total. The van der Waals surface area contributed by atoms with Gasteiger partial charge in [-0.1, -0.05) is 12.1 Å². The second-order valence-electron chi connectivity index (χ2n) is 7.07. The number of halogens is 1. The lowest BCUT2D eigenvalue weighted by Crippen LogP contribution is -2.49. The van der Waals surface area contributed by atoms with Gasteiger partial charge in [-0.3, -0.25) is 9.69 Å². The van der Waals surface area contributed by atoms with E-state index < -0.39 is 0 Å². The molecule has 1 aliphatic rings. The Bertz CT molecular complexity index is 992. The van der Waals surface area contributed by atoms with E-state index in [0.717, 1.165) is 18.8 Å². The van der Waals surface area contributed by atoms with Gasteiger partial charge in [0.2, 0.25) is 0 Å². The summed E-state index contributed by atoms with van der Waals surface area (Å²) >= 11 is 0. The largest absolute Gasteiger partial charge is 0.497 e. The molecular weight excluding hydrogens is 359 g/mol. The molecule has 1 atom stereocenters. The van der Waals surface area contributed by atoms with Crippen LogP contribution in [0.2, 0.25) is 0 Å². The van der Waals surface area contributed by atoms with E-state index >= 15 is 0 Å². The van der Waals surface area contributed by atoms with E-state index in [1.165, 1.54) is 17.7 Å². The maximum Gasteiger partial charge on any atom is 0.289 e. The zero-order valence-corrected chi connectivity index (χ0v) is 16.0. The van der Waals surface area contributed by atoms with Crippen LogP contribution in [-0.4, -0.2) is 49.0 Å². The van der Waals surface area contributed by atoms with E-state index in [4.69, 9.17) is 9.15 Å². The Kier molecular flexibility index (Phi) is 5.05. The highest BCUT2D eigenvalue weighted by atomic mass is 19.1. The number of hydrogen-bond donors (Lipinski definition) is 0. The minimum atomic E-state index is -0.340. The van der Waals surface area contributed by atoms with Crippen molar-refractivity contribution in [1.82, 2.24) is 9.80 Å². The molecule has 1 aliphatic heterocycles. The summed E-state index contributed by atoms with van der Waals surface area (Å²) in [6.45, 7) is 4.97. The van der Waals surface area contributed by atoms with Crippen molar-refractivity contribution in [2.75, 3.05) is 33.3 Å². The minimum absolute atomic E-state index is 0.148. The lowest BCUT2D eigenvalue weighted by molar-refractivity contribution is 0.0555. The van der Waals surface area contributed by atoms with Crippen LogP contribution in [0, 0.1) is 5.82 Å². The number of hydrogen-bond acceptors (Lipinski definition) is 4. The first-order valence-electron chi connectivity index (χ1n) is 9.41. The van der Waals surface area contributed by atoms with E-state index in [-0.39, 0.29) is 23.5 Å². The van der Waals surface area contributed by atoms with E-state index in [9.17, 15) is 9.18 Å². The quantitative estimate of drug-likeness (QED) is 0.682. The number of methoxy groups -OCH3 is 1. The van der Waals surface area contributed by atoms with E-state index in [2.05, 4.69) is 24.0 Å². The Hall–Kier alpha value is -2.86. The standard InChI is InChI=1S/C22H23FN2O3/c1-15(16-4-3-5-19(13-16)27-2)24-8-10-25(11-9-24)22(26)21-14-17-12-18(23)6-7-20(17)28-21/h3-7,12-15H,8-11H2,1-2H3. The van der Waals surface area contributed by atoms with Crippen molar-refractivity contribution in [2.24, 2.45) is 0 Å². The fraction of sp³-hybridized carbons (Fsp3) is 0.318. The predicted octanol–water partition coefficient (Wildman–Crippen LogP) is 4.10. The van der Waals surface area contributed by atoms with Crippen molar-refractivity contribution >= 4 is 16.9 Å². The number of benzene rings is 2. The molecule has 5 nitrogen and oxygen atoms in total. The highest BCUT2D eigenvalue weighted by molar-refractivity contribution is 5.96. The maximum absolute atomic E-state index is 13.4. The fourth-order valence-electron chi connectivity index (χ4n) is 3.70. The van der Waals surface area contributed by atoms with Crippen LogP contribution >= 0.6 is 0 Å². The van der Waals surface area contributed by atoms with Gasteiger partial charge in [0, 0.05) is 37.6 Å². The van der Waals surface area contributed by atoms with Crippen LogP contribution < -0.4 is 4.74 Å². The average Bonchev–Trinajstić information content (AvgIpc) is 3.16. The van der Waals surface area contributed by atoms with Gasteiger partial charge in [-0.2, -0.15) is 0 Å². The van der Waals surface area contributed by atoms with Crippen molar-refractivity contribution in [3.8, 4) is 5.75 Å². The van der Waals surface area contributed by atoms with Crippen molar-refractivity contribution in [1.29, 1.82) is 0 Å². The normalized spacial score (nSPS) is 16.3. The molecule has 2 aromatic carbocycles. The number of carbonyl (C=O) groups is 1. The maximum atomic E-state index is 13.4. The van der Waals surface area contributed by atoms with Gasteiger partial charge in [-0.05, 0) is 48.9 Å². The van der Waals surface area contributed by atoms with Gasteiger partial charge in [-0.15, -0.1) is 0 Å². The SMILES string of the molecule is COc1cccc(C(C)N2CCN(C(=O)c3cc4cc(F)ccc4o3)CC2)c1. The molecule has 1 unspecified atom stereocenters. The first-order valence-corrected chi connectivity index (χ1v) is 9.41. The molecule has 146 valence electrons. The van der Waals surface area contributed by atoms with Gasteiger partial charge in [0.25, 0.3) is 5.91 Å². The van der Waals surface area contributed by atoms with Gasteiger partial charge >= 0.3 is 0 Å². The molecular formula is C22H23FN2O3. The Labute approximate surface area is 163 Å². The number of nitrogens with zero attached hydrogens (tertiary/aromatic N) is 2. The molecule has 0 bridgehead atoms. The summed E-state index contributed by atoms with van der Waals surface area (Å²) < 4.78 is 24.3. The molecule has 1 amide bonds. The van der Waals surface area contributed by atoms with Gasteiger partial charge in [0.1, 0.15) is 17.1 Å². The molecule has 0 spiro atoms. The summed E-state index contributed by atoms with van der Waals surface area (Å²) in [5.74, 6) is 0.618. The first-order chi connectivity index (χ1) is 13.5. The summed E-state index contributed by atoms with van der Waals surface area (Å²) in [5, 5.41) is 0.605. The first kappa shape index (κ1) is 18.5. The van der Waals surface area contributed by atoms with E-state index in [1.54, 1.807) is 24.1 Å². The van der Waals surface area contributed by atoms with Crippen LogP contribution in [0.4, 0.5) is 4.39 Å². The number of carbonyl (C=O) groups excluding carboxylic acids is 1. The van der Waals surface area contributed by atoms with Crippen LogP contribution in [0.5, 0.6) is 5.75 Å². The molecule has 1 saturated heterocycles. The second-order valence-corrected chi connectivity index (χ2v) is 7.07. The van der Waals surface area contributed by atoms with Crippen molar-refractivity contribution in [3.63, 3.8) is 0 Å². The second kappa shape index (κ2) is 7.64. The molecule has 6 heteroatoms. The molecule has 1 fully saturated rings. The van der Waals surface area contributed by atoms with Crippen molar-refractivity contribution < 1.29 is 18.3 Å². The molecule has 28 heavy (non-hydrogen) atoms. The van der Waals surface area contributed by atoms with Gasteiger partial charge < -0.3 is 14.1 Å². The Morgan fingerprint density at radius 3 is 2.64 bits per heavy atom. The molecule has 0 saturated carbocycles. The molecule has 0 radical (unpaired) electrons. The third-order valence-corrected chi connectivity index (χ3v) is 5.41. The van der Waals surface area contributed by atoms with Gasteiger partial charge in [0.15, 0.2) is 5.76 Å². The van der Waals surface area contributed by atoms with Crippen LogP contribution in [-0.2, 0) is 0 Å². The number of fused-ring (bicyclic) bond motifs is 1. The predicted molar refractivity (Wildman–Crippen MR) is 105 cm³/mol. The molecule has 3 aromatic rings. The van der Waals surface area contributed by atoms with Gasteiger partial charge in [-0.25, -0.2) is 4.39 Å². The number of furan rings is 1. The highest BCUT2D eigenvalue weighted by Crippen LogP contribution is 2.26. The number of amides is 1. The lowest BCUT2D eigenvalue weighted by Gasteiger charge is -2.38. The monoisotopic (exact) mass is 382 g/mol. The number of ether oxygens (including phenoxy) is 1. The Morgan fingerprint density at radius 1 is 1.11 bits per heavy atom. The third kappa shape index (κ3) is 3.60. The smallest absolute Gasteiger partial charge is 0.289 e. The lowest BCUT2D eigenvalue weighted by atomic mass is 10.1. The number of rotatable bonds is 4. The fourth-order valence-corrected chi connectivity index (χ4v) is 3.70. The van der Waals surface area contributed by atoms with Crippen LogP contribution in [0.3, 0.4) is 0 Å². The summed E-state index contributed by atoms with van der Waals surface area (Å²) in [6, 6.07) is 14.2. The highest BCUT2D eigenvalue weighted by Gasteiger charge is 2.27. The summed E-state index contributed by atoms with van der Waals surface area (Å²) in [5.41, 5.74) is 1.72. The van der Waals surface area contributed by atoms with Crippen LogP contribution in [0.25, 0.3) is 11.0 Å². The third-order valence-electron chi connectivity index (χ3n) is 5.41. The zero-order chi connectivity index (χ0) is 19.7. The van der Waals surface area contributed by atoms with E-state index in [0.29, 0.717) is 24.1 Å². The molecule has 4 rings (SSSR count). The summed E-state index contributed by atoms with van der Waals surface area (Å²) in [7, 11) is 1.67. The summed E-state index contributed by atoms with van der Waals surface area (Å²) in [6.07, 6.45) is 0. The molecule has 2 heterocycles. The van der Waals surface area contributed by atoms with Gasteiger partial charge in [0.05, 0.1) is 7.11 Å². The van der Waals surface area contributed by atoms with Crippen molar-refractivity contribution in [2.45, 2.75) is 13.0 Å². The summed E-state index contributed by atoms with van der Waals surface area (Å²) in [4.78, 5) is 16.9. The molecule has 0 aliphatic carbocycles. The zero-order valence-electron chi connectivity index (χ0n) is 16.0. The number of piperazine rings is 1. The molecule has 1 aromatic heterocycles. The Balaban J connectivity index is 1.42. The van der Waals surface area contributed by atoms with E-state index in [1.807, 2.05) is 12.1 Å². The topological polar surface area (TPSA) is 45.9 Å². The van der Waals surface area contributed by atoms with Crippen LogP contribution in [0.1, 0.15) is 29.1 Å². The minimum Gasteiger partial charge on any atom is -0.497 e. The van der Waals surface area contributed by atoms with Crippen molar-refractivity contribution in [3.05, 3.63) is 65.7 Å². The Morgan fingerprint density at radius 2 is 1.89 bits per heavy atom. The average molecular weight is 382 g/mol. The van der Waals surface area contributed by atoms with Crippen LogP contribution in [0.15, 0.2) is 52.9 Å².